The molecule has 88 valence electrons. The van der Waals surface area contributed by atoms with E-state index in [4.69, 9.17) is 5.73 Å². The van der Waals surface area contributed by atoms with E-state index in [1.165, 1.54) is 0 Å². The van der Waals surface area contributed by atoms with Crippen LogP contribution in [-0.2, 0) is 4.79 Å². The van der Waals surface area contributed by atoms with E-state index in [0.29, 0.717) is 12.5 Å². The van der Waals surface area contributed by atoms with Gasteiger partial charge in [0, 0.05) is 19.0 Å². The van der Waals surface area contributed by atoms with Crippen LogP contribution in [0.3, 0.4) is 0 Å². The second kappa shape index (κ2) is 4.97. The largest absolute Gasteiger partial charge is 0.342 e. The van der Waals surface area contributed by atoms with Crippen molar-refractivity contribution < 1.29 is 4.79 Å². The van der Waals surface area contributed by atoms with Crippen molar-refractivity contribution in [2.75, 3.05) is 19.6 Å². The molecule has 0 aliphatic carbocycles. The molecule has 0 radical (unpaired) electrons. The van der Waals surface area contributed by atoms with Crippen LogP contribution in [0.15, 0.2) is 0 Å². The lowest BCUT2D eigenvalue weighted by atomic mass is 9.90. The Balaban J connectivity index is 2.50. The van der Waals surface area contributed by atoms with Crippen LogP contribution in [0, 0.1) is 11.3 Å². The summed E-state index contributed by atoms with van der Waals surface area (Å²) < 4.78 is 0. The van der Waals surface area contributed by atoms with Crippen LogP contribution < -0.4 is 5.73 Å². The molecular formula is C12H24N2O. The van der Waals surface area contributed by atoms with Crippen LogP contribution >= 0.6 is 0 Å². The van der Waals surface area contributed by atoms with Gasteiger partial charge in [-0.25, -0.2) is 0 Å². The topological polar surface area (TPSA) is 46.3 Å². The lowest BCUT2D eigenvalue weighted by molar-refractivity contribution is -0.134. The number of carbonyl (C=O) groups is 1. The van der Waals surface area contributed by atoms with Crippen LogP contribution in [0.25, 0.3) is 0 Å². The first-order valence-corrected chi connectivity index (χ1v) is 6.01. The number of amides is 1. The van der Waals surface area contributed by atoms with E-state index >= 15 is 0 Å². The first-order valence-electron chi connectivity index (χ1n) is 6.01. The highest BCUT2D eigenvalue weighted by Crippen LogP contribution is 2.29. The molecule has 1 aliphatic heterocycles. The third kappa shape index (κ3) is 2.94. The van der Waals surface area contributed by atoms with Gasteiger partial charge in [0.1, 0.15) is 0 Å². The molecule has 3 heteroatoms. The summed E-state index contributed by atoms with van der Waals surface area (Å²) in [6, 6.07) is 0. The predicted octanol–water partition coefficient (Wildman–Crippen LogP) is 1.62. The summed E-state index contributed by atoms with van der Waals surface area (Å²) >= 11 is 0. The average molecular weight is 212 g/mol. The van der Waals surface area contributed by atoms with Gasteiger partial charge in [-0.15, -0.1) is 0 Å². The molecule has 3 nitrogen and oxygen atoms in total. The zero-order valence-electron chi connectivity index (χ0n) is 10.3. The van der Waals surface area contributed by atoms with Crippen molar-refractivity contribution in [1.29, 1.82) is 0 Å². The normalized spacial score (nSPS) is 28.1. The van der Waals surface area contributed by atoms with Crippen molar-refractivity contribution in [2.24, 2.45) is 17.1 Å². The Morgan fingerprint density at radius 2 is 2.27 bits per heavy atom. The molecule has 15 heavy (non-hydrogen) atoms. The van der Waals surface area contributed by atoms with Gasteiger partial charge in [0.05, 0.1) is 0 Å². The standard InChI is InChI=1S/C12H24N2O/c1-4-5-10(2)11(15)14-7-6-12(3,8-13)9-14/h10H,4-9,13H2,1-3H3. The van der Waals surface area contributed by atoms with E-state index in [0.717, 1.165) is 32.4 Å². The molecule has 0 aromatic rings. The van der Waals surface area contributed by atoms with Gasteiger partial charge in [0.25, 0.3) is 0 Å². The molecule has 2 N–H and O–H groups in total. The van der Waals surface area contributed by atoms with E-state index in [1.54, 1.807) is 0 Å². The second-order valence-corrected chi connectivity index (χ2v) is 5.21. The SMILES string of the molecule is CCCC(C)C(=O)N1CCC(C)(CN)C1. The maximum Gasteiger partial charge on any atom is 0.225 e. The third-order valence-electron chi connectivity index (χ3n) is 3.51. The van der Waals surface area contributed by atoms with Crippen molar-refractivity contribution in [3.8, 4) is 0 Å². The molecule has 1 rings (SSSR count). The molecule has 2 unspecified atom stereocenters. The quantitative estimate of drug-likeness (QED) is 0.769. The summed E-state index contributed by atoms with van der Waals surface area (Å²) in [6.07, 6.45) is 3.12. The van der Waals surface area contributed by atoms with Gasteiger partial charge in [0.2, 0.25) is 5.91 Å². The summed E-state index contributed by atoms with van der Waals surface area (Å²) in [7, 11) is 0. The van der Waals surface area contributed by atoms with Crippen LogP contribution in [0.2, 0.25) is 0 Å². The zero-order chi connectivity index (χ0) is 11.5. The van der Waals surface area contributed by atoms with Crippen LogP contribution in [0.1, 0.15) is 40.0 Å². The molecule has 0 spiro atoms. The van der Waals surface area contributed by atoms with E-state index in [9.17, 15) is 4.79 Å². The van der Waals surface area contributed by atoms with E-state index in [2.05, 4.69) is 13.8 Å². The molecule has 1 amide bonds. The fraction of sp³-hybridized carbons (Fsp3) is 0.917. The summed E-state index contributed by atoms with van der Waals surface area (Å²) in [5, 5.41) is 0. The van der Waals surface area contributed by atoms with E-state index < -0.39 is 0 Å². The van der Waals surface area contributed by atoms with Crippen molar-refractivity contribution in [2.45, 2.75) is 40.0 Å². The summed E-state index contributed by atoms with van der Waals surface area (Å²) in [4.78, 5) is 14.0. The second-order valence-electron chi connectivity index (χ2n) is 5.21. The highest BCUT2D eigenvalue weighted by molar-refractivity contribution is 5.78. The molecule has 1 heterocycles. The molecule has 0 saturated carbocycles. The lowest BCUT2D eigenvalue weighted by Crippen LogP contribution is -2.37. The van der Waals surface area contributed by atoms with Crippen LogP contribution in [0.4, 0.5) is 0 Å². The minimum absolute atomic E-state index is 0.154. The van der Waals surface area contributed by atoms with Crippen molar-refractivity contribution in [3.63, 3.8) is 0 Å². The fourth-order valence-corrected chi connectivity index (χ4v) is 2.25. The van der Waals surface area contributed by atoms with Gasteiger partial charge >= 0.3 is 0 Å². The minimum Gasteiger partial charge on any atom is -0.342 e. The number of carbonyl (C=O) groups excluding carboxylic acids is 1. The van der Waals surface area contributed by atoms with Crippen LogP contribution in [-0.4, -0.2) is 30.4 Å². The zero-order valence-corrected chi connectivity index (χ0v) is 10.3. The Bertz CT molecular complexity index is 230. The lowest BCUT2D eigenvalue weighted by Gasteiger charge is -2.24. The number of nitrogens with two attached hydrogens (primary N) is 1. The molecule has 1 aliphatic rings. The van der Waals surface area contributed by atoms with Gasteiger partial charge < -0.3 is 10.6 Å². The molecule has 2 atom stereocenters. The number of nitrogens with zero attached hydrogens (tertiary/aromatic N) is 1. The maximum absolute atomic E-state index is 12.0. The first-order chi connectivity index (χ1) is 7.02. The molecule has 1 fully saturated rings. The molecule has 0 bridgehead atoms. The van der Waals surface area contributed by atoms with Gasteiger partial charge in [-0.05, 0) is 24.8 Å². The fourth-order valence-electron chi connectivity index (χ4n) is 2.25. The smallest absolute Gasteiger partial charge is 0.225 e. The van der Waals surface area contributed by atoms with Gasteiger partial charge in [0.15, 0.2) is 0 Å². The Morgan fingerprint density at radius 1 is 1.60 bits per heavy atom. The Kier molecular flexibility index (Phi) is 4.14. The third-order valence-corrected chi connectivity index (χ3v) is 3.51. The van der Waals surface area contributed by atoms with Crippen molar-refractivity contribution in [1.82, 2.24) is 4.90 Å². The summed E-state index contributed by atoms with van der Waals surface area (Å²) in [6.45, 7) is 8.74. The summed E-state index contributed by atoms with van der Waals surface area (Å²) in [5.74, 6) is 0.490. The Morgan fingerprint density at radius 3 is 2.73 bits per heavy atom. The molecule has 1 saturated heterocycles. The maximum atomic E-state index is 12.0. The highest BCUT2D eigenvalue weighted by Gasteiger charge is 2.35. The van der Waals surface area contributed by atoms with Crippen molar-refractivity contribution >= 4 is 5.91 Å². The molecule has 0 aromatic heterocycles. The van der Waals surface area contributed by atoms with Crippen molar-refractivity contribution in [3.05, 3.63) is 0 Å². The van der Waals surface area contributed by atoms with E-state index in [1.807, 2.05) is 11.8 Å². The number of hydrogen-bond donors (Lipinski definition) is 1. The number of hydrogen-bond acceptors (Lipinski definition) is 2. The van der Waals surface area contributed by atoms with Gasteiger partial charge in [-0.2, -0.15) is 0 Å². The highest BCUT2D eigenvalue weighted by atomic mass is 16.2. The Hall–Kier alpha value is -0.570. The molecular weight excluding hydrogens is 188 g/mol. The minimum atomic E-state index is 0.154. The Labute approximate surface area is 93.0 Å². The van der Waals surface area contributed by atoms with Gasteiger partial charge in [-0.3, -0.25) is 4.79 Å². The number of likely N-dealkylation sites (tertiary alicyclic amines) is 1. The van der Waals surface area contributed by atoms with Crippen LogP contribution in [0.5, 0.6) is 0 Å². The average Bonchev–Trinajstić information content (AvgIpc) is 2.61. The first kappa shape index (κ1) is 12.5. The summed E-state index contributed by atoms with van der Waals surface area (Å²) in [5.41, 5.74) is 5.88. The van der Waals surface area contributed by atoms with Gasteiger partial charge in [-0.1, -0.05) is 27.2 Å². The molecule has 0 aromatic carbocycles. The van der Waals surface area contributed by atoms with E-state index in [-0.39, 0.29) is 11.3 Å². The monoisotopic (exact) mass is 212 g/mol. The number of rotatable bonds is 4. The predicted molar refractivity (Wildman–Crippen MR) is 62.4 cm³/mol.